The summed E-state index contributed by atoms with van der Waals surface area (Å²) in [6.45, 7) is 5.57. The molecule has 2 aliphatic heterocycles. The minimum absolute atomic E-state index is 0.0294. The Morgan fingerprint density at radius 1 is 0.955 bits per heavy atom. The molecule has 236 valence electrons. The molecule has 1 aromatic heterocycles. The minimum Gasteiger partial charge on any atom is -0.372 e. The van der Waals surface area contributed by atoms with Crippen molar-refractivity contribution in [1.82, 2.24) is 23.8 Å². The molecule has 0 radical (unpaired) electrons. The van der Waals surface area contributed by atoms with Gasteiger partial charge < -0.3 is 19.5 Å². The fraction of sp³-hybridized carbons (Fsp3) is 0.515. The number of fused-ring (bicyclic) bond motifs is 5. The topological polar surface area (TPSA) is 113 Å². The second kappa shape index (κ2) is 12.2. The summed E-state index contributed by atoms with van der Waals surface area (Å²) in [5.41, 5.74) is 5.91. The normalized spacial score (nSPS) is 22.8. The van der Waals surface area contributed by atoms with Crippen molar-refractivity contribution in [3.05, 3.63) is 59.2 Å². The lowest BCUT2D eigenvalue weighted by Gasteiger charge is -2.36. The largest absolute Gasteiger partial charge is 0.372 e. The van der Waals surface area contributed by atoms with E-state index in [9.17, 15) is 18.0 Å². The monoisotopic (exact) mass is 621 g/mol. The first kappa shape index (κ1) is 30.6. The van der Waals surface area contributed by atoms with Gasteiger partial charge in [0, 0.05) is 55.8 Å². The Morgan fingerprint density at radius 2 is 1.66 bits per heavy atom. The maximum atomic E-state index is 13.6. The number of benzene rings is 2. The number of amides is 3. The first-order valence-electron chi connectivity index (χ1n) is 15.7. The zero-order valence-corrected chi connectivity index (χ0v) is 26.8. The highest BCUT2D eigenvalue weighted by Gasteiger charge is 2.33. The molecule has 1 aliphatic carbocycles. The van der Waals surface area contributed by atoms with Crippen molar-refractivity contribution in [2.75, 3.05) is 27.2 Å². The summed E-state index contributed by atoms with van der Waals surface area (Å²) in [7, 11) is -1.19. The lowest BCUT2D eigenvalue weighted by Crippen LogP contribution is -2.54. The summed E-state index contributed by atoms with van der Waals surface area (Å²) >= 11 is 0. The predicted molar refractivity (Wildman–Crippen MR) is 171 cm³/mol. The van der Waals surface area contributed by atoms with Crippen LogP contribution in [-0.4, -0.2) is 79.6 Å². The van der Waals surface area contributed by atoms with Crippen LogP contribution in [0.3, 0.4) is 0 Å². The number of urea groups is 1. The van der Waals surface area contributed by atoms with Crippen molar-refractivity contribution in [2.24, 2.45) is 0 Å². The SMILES string of the molecule is C[C@@H]1CN(C(=O)NC2Cc3ccccc3-c3c(C4CCCCC4)c4ccc(C(=O)NS(=O)(=O)N(C)C)cc4n3C2)C[C@H](C)O1. The van der Waals surface area contributed by atoms with E-state index in [1.165, 1.54) is 44.5 Å². The molecule has 2 fully saturated rings. The maximum absolute atomic E-state index is 13.6. The van der Waals surface area contributed by atoms with Crippen LogP contribution < -0.4 is 10.0 Å². The Morgan fingerprint density at radius 3 is 2.36 bits per heavy atom. The molecule has 10 nitrogen and oxygen atoms in total. The van der Waals surface area contributed by atoms with Gasteiger partial charge in [0.15, 0.2) is 0 Å². The van der Waals surface area contributed by atoms with Crippen molar-refractivity contribution >= 4 is 33.1 Å². The van der Waals surface area contributed by atoms with Crippen molar-refractivity contribution < 1.29 is 22.7 Å². The molecule has 0 spiro atoms. The van der Waals surface area contributed by atoms with E-state index in [-0.39, 0.29) is 29.8 Å². The van der Waals surface area contributed by atoms with E-state index >= 15 is 0 Å². The second-order valence-corrected chi connectivity index (χ2v) is 14.7. The third-order valence-electron chi connectivity index (χ3n) is 9.26. The van der Waals surface area contributed by atoms with Crippen molar-refractivity contribution in [2.45, 2.75) is 83.1 Å². The van der Waals surface area contributed by atoms with Crippen molar-refractivity contribution in [3.63, 3.8) is 0 Å². The highest BCUT2D eigenvalue weighted by Crippen LogP contribution is 2.46. The standard InChI is InChI=1S/C33H43N5O5S/c1-21-18-37(19-22(2)43-21)33(40)34-26-16-24-12-8-9-13-27(24)31-30(23-10-6-5-7-11-23)28-15-14-25(17-29(28)38(31)20-26)32(39)35-44(41,42)36(3)4/h8-9,12-15,17,21-23,26H,5-7,10-11,16,18-20H2,1-4H3,(H,34,40)(H,35,39)/t21-,22+,26?. The van der Waals surface area contributed by atoms with Crippen LogP contribution >= 0.6 is 0 Å². The molecular weight excluding hydrogens is 578 g/mol. The molecule has 3 aromatic rings. The lowest BCUT2D eigenvalue weighted by atomic mass is 9.81. The molecule has 2 N–H and O–H groups in total. The maximum Gasteiger partial charge on any atom is 0.317 e. The molecule has 3 atom stereocenters. The number of hydrogen-bond donors (Lipinski definition) is 2. The number of rotatable bonds is 5. The van der Waals surface area contributed by atoms with Gasteiger partial charge in [0.25, 0.3) is 5.91 Å². The number of morpholine rings is 1. The summed E-state index contributed by atoms with van der Waals surface area (Å²) in [5, 5.41) is 4.41. The Labute approximate surface area is 259 Å². The van der Waals surface area contributed by atoms with Crippen LogP contribution in [0, 0.1) is 0 Å². The third-order valence-corrected chi connectivity index (χ3v) is 10.7. The van der Waals surface area contributed by atoms with Gasteiger partial charge in [-0.05, 0) is 62.3 Å². The van der Waals surface area contributed by atoms with Crippen LogP contribution in [0.25, 0.3) is 22.2 Å². The zero-order chi connectivity index (χ0) is 31.2. The van der Waals surface area contributed by atoms with Gasteiger partial charge in [0.1, 0.15) is 0 Å². The molecule has 3 heterocycles. The van der Waals surface area contributed by atoms with E-state index in [0.29, 0.717) is 32.0 Å². The number of ether oxygens (including phenoxy) is 1. The quantitative estimate of drug-likeness (QED) is 0.431. The van der Waals surface area contributed by atoms with Gasteiger partial charge in [-0.2, -0.15) is 12.7 Å². The zero-order valence-electron chi connectivity index (χ0n) is 26.0. The van der Waals surface area contributed by atoms with Crippen molar-refractivity contribution in [3.8, 4) is 11.3 Å². The fourth-order valence-corrected chi connectivity index (χ4v) is 7.79. The van der Waals surface area contributed by atoms with E-state index in [1.807, 2.05) is 30.9 Å². The molecule has 1 saturated heterocycles. The molecule has 2 aromatic carbocycles. The Kier molecular flexibility index (Phi) is 8.47. The van der Waals surface area contributed by atoms with Crippen LogP contribution in [0.2, 0.25) is 0 Å². The third kappa shape index (κ3) is 5.97. The summed E-state index contributed by atoms with van der Waals surface area (Å²) in [4.78, 5) is 28.6. The molecule has 11 heteroatoms. The van der Waals surface area contributed by atoms with Gasteiger partial charge in [-0.15, -0.1) is 0 Å². The van der Waals surface area contributed by atoms with Gasteiger partial charge in [-0.1, -0.05) is 49.6 Å². The van der Waals surface area contributed by atoms with Crippen molar-refractivity contribution in [1.29, 1.82) is 0 Å². The van der Waals surface area contributed by atoms with Gasteiger partial charge in [0.05, 0.1) is 23.9 Å². The van der Waals surface area contributed by atoms with E-state index in [0.717, 1.165) is 39.3 Å². The Hall–Kier alpha value is -3.41. The Bertz CT molecular complexity index is 1670. The van der Waals surface area contributed by atoms with E-state index in [4.69, 9.17) is 4.74 Å². The van der Waals surface area contributed by atoms with Gasteiger partial charge >= 0.3 is 16.2 Å². The molecule has 3 aliphatic rings. The highest BCUT2D eigenvalue weighted by molar-refractivity contribution is 7.87. The fourth-order valence-electron chi connectivity index (χ4n) is 7.26. The first-order valence-corrected chi connectivity index (χ1v) is 17.2. The summed E-state index contributed by atoms with van der Waals surface area (Å²) < 4.78 is 36.2. The summed E-state index contributed by atoms with van der Waals surface area (Å²) in [5.74, 6) is -0.295. The van der Waals surface area contributed by atoms with Crippen LogP contribution in [-0.2, 0) is 27.9 Å². The first-order chi connectivity index (χ1) is 21.0. The van der Waals surface area contributed by atoms with Gasteiger partial charge in [-0.3, -0.25) is 4.79 Å². The van der Waals surface area contributed by atoms with E-state index in [1.54, 1.807) is 6.07 Å². The molecular formula is C33H43N5O5S. The van der Waals surface area contributed by atoms with Crippen LogP contribution in [0.15, 0.2) is 42.5 Å². The number of aromatic nitrogens is 1. The summed E-state index contributed by atoms with van der Waals surface area (Å²) in [6, 6.07) is 13.6. The Balaban J connectivity index is 1.45. The molecule has 1 saturated carbocycles. The number of carbonyl (C=O) groups excluding carboxylic acids is 2. The molecule has 44 heavy (non-hydrogen) atoms. The average molecular weight is 622 g/mol. The van der Waals surface area contributed by atoms with Crippen LogP contribution in [0.4, 0.5) is 4.79 Å². The smallest absolute Gasteiger partial charge is 0.317 e. The predicted octanol–water partition coefficient (Wildman–Crippen LogP) is 4.64. The van der Waals surface area contributed by atoms with Crippen LogP contribution in [0.5, 0.6) is 0 Å². The van der Waals surface area contributed by atoms with E-state index < -0.39 is 16.1 Å². The number of nitrogens with zero attached hydrogens (tertiary/aromatic N) is 3. The molecule has 3 amide bonds. The average Bonchev–Trinajstić information content (AvgIpc) is 3.20. The second-order valence-electron chi connectivity index (χ2n) is 12.8. The lowest BCUT2D eigenvalue weighted by molar-refractivity contribution is -0.0548. The number of carbonyl (C=O) groups is 2. The molecule has 6 rings (SSSR count). The highest BCUT2D eigenvalue weighted by atomic mass is 32.2. The summed E-state index contributed by atoms with van der Waals surface area (Å²) in [6.07, 6.45) is 6.41. The van der Waals surface area contributed by atoms with E-state index in [2.05, 4.69) is 38.9 Å². The van der Waals surface area contributed by atoms with Gasteiger partial charge in [-0.25, -0.2) is 9.52 Å². The number of nitrogens with one attached hydrogen (secondary N) is 2. The molecule has 1 unspecified atom stereocenters. The molecule has 0 bridgehead atoms. The van der Waals surface area contributed by atoms with Crippen LogP contribution in [0.1, 0.15) is 73.4 Å². The number of hydrogen-bond acceptors (Lipinski definition) is 5. The van der Waals surface area contributed by atoms with Gasteiger partial charge in [0.2, 0.25) is 0 Å². The minimum atomic E-state index is -3.95.